The highest BCUT2D eigenvalue weighted by Crippen LogP contribution is 2.00. The Morgan fingerprint density at radius 1 is 1.73 bits per heavy atom. The Balaban J connectivity index is 3.93. The van der Waals surface area contributed by atoms with Crippen molar-refractivity contribution >= 4 is 5.94 Å². The predicted octanol–water partition coefficient (Wildman–Crippen LogP) is -0.585. The minimum Gasteiger partial charge on any atom is -0.359 e. The van der Waals surface area contributed by atoms with Crippen LogP contribution in [0.25, 0.3) is 0 Å². The summed E-state index contributed by atoms with van der Waals surface area (Å²) in [7, 11) is 0. The van der Waals surface area contributed by atoms with E-state index in [-0.39, 0.29) is 0 Å². The van der Waals surface area contributed by atoms with Gasteiger partial charge in [0.15, 0.2) is 0 Å². The van der Waals surface area contributed by atoms with Crippen LogP contribution in [0.1, 0.15) is 13.3 Å². The molecule has 0 rings (SSSR count). The lowest BCUT2D eigenvalue weighted by Crippen LogP contribution is -2.27. The van der Waals surface area contributed by atoms with E-state index in [4.69, 9.17) is 16.2 Å². The van der Waals surface area contributed by atoms with E-state index in [1.807, 2.05) is 6.92 Å². The van der Waals surface area contributed by atoms with Gasteiger partial charge in [-0.3, -0.25) is 0 Å². The monoisotopic (exact) mass is 158 g/mol. The zero-order valence-electron chi connectivity index (χ0n) is 6.67. The third-order valence-electron chi connectivity index (χ3n) is 1.23. The first-order valence-corrected chi connectivity index (χ1v) is 3.57. The van der Waals surface area contributed by atoms with Gasteiger partial charge >= 0.3 is 0 Å². The lowest BCUT2D eigenvalue weighted by atomic mass is 10.2. The standard InChI is InChI=1S/C7H14N2O2/c1-2-11-7(9)6(5-10)3-4-8/h7H,2-4,8-9H2,1H3. The van der Waals surface area contributed by atoms with Crippen molar-refractivity contribution in [2.45, 2.75) is 19.6 Å². The van der Waals surface area contributed by atoms with Gasteiger partial charge in [0.2, 0.25) is 0 Å². The lowest BCUT2D eigenvalue weighted by Gasteiger charge is -2.11. The number of carbonyl (C=O) groups excluding carboxylic acids is 1. The van der Waals surface area contributed by atoms with Crippen LogP contribution in [-0.4, -0.2) is 25.3 Å². The average Bonchev–Trinajstić information content (AvgIpc) is 2.00. The number of rotatable bonds is 5. The van der Waals surface area contributed by atoms with Gasteiger partial charge in [0, 0.05) is 6.61 Å². The minimum absolute atomic E-state index is 0.394. The first-order valence-electron chi connectivity index (χ1n) is 3.57. The molecule has 1 atom stereocenters. The lowest BCUT2D eigenvalue weighted by molar-refractivity contribution is 0.0917. The maximum atomic E-state index is 10.2. The average molecular weight is 158 g/mol. The molecule has 0 saturated heterocycles. The second-order valence-electron chi connectivity index (χ2n) is 2.04. The molecular weight excluding hydrogens is 144 g/mol. The largest absolute Gasteiger partial charge is 0.359 e. The molecule has 0 saturated carbocycles. The van der Waals surface area contributed by atoms with Gasteiger partial charge in [0.1, 0.15) is 12.2 Å². The molecule has 0 aromatic rings. The van der Waals surface area contributed by atoms with Gasteiger partial charge in [-0.1, -0.05) is 0 Å². The highest BCUT2D eigenvalue weighted by molar-refractivity contribution is 5.53. The van der Waals surface area contributed by atoms with Gasteiger partial charge in [0.25, 0.3) is 0 Å². The summed E-state index contributed by atoms with van der Waals surface area (Å²) in [4.78, 5) is 10.2. The smallest absolute Gasteiger partial charge is 0.138 e. The number of hydrogen-bond acceptors (Lipinski definition) is 4. The SMILES string of the molecule is CCOC(N)C(=C=O)CCN. The van der Waals surface area contributed by atoms with E-state index in [9.17, 15) is 4.79 Å². The highest BCUT2D eigenvalue weighted by atomic mass is 16.5. The Morgan fingerprint density at radius 3 is 2.73 bits per heavy atom. The Labute approximate surface area is 66.2 Å². The fraction of sp³-hybridized carbons (Fsp3) is 0.714. The van der Waals surface area contributed by atoms with Gasteiger partial charge in [-0.05, 0) is 19.9 Å². The van der Waals surface area contributed by atoms with E-state index in [0.717, 1.165) is 0 Å². The molecule has 64 valence electrons. The Bertz CT molecular complexity index is 153. The molecule has 1 unspecified atom stereocenters. The number of hydrogen-bond donors (Lipinski definition) is 2. The molecule has 4 nitrogen and oxygen atoms in total. The van der Waals surface area contributed by atoms with E-state index < -0.39 is 6.23 Å². The summed E-state index contributed by atoms with van der Waals surface area (Å²) in [6.07, 6.45) is -0.189. The number of nitrogens with two attached hydrogens (primary N) is 2. The molecule has 0 fully saturated rings. The van der Waals surface area contributed by atoms with Gasteiger partial charge in [-0.15, -0.1) is 0 Å². The first kappa shape index (κ1) is 10.3. The van der Waals surface area contributed by atoms with E-state index in [1.165, 1.54) is 0 Å². The summed E-state index contributed by atoms with van der Waals surface area (Å²) in [6, 6.07) is 0. The Morgan fingerprint density at radius 2 is 2.36 bits per heavy atom. The zero-order valence-corrected chi connectivity index (χ0v) is 6.67. The van der Waals surface area contributed by atoms with Crippen molar-refractivity contribution in [1.29, 1.82) is 0 Å². The molecular formula is C7H14N2O2. The summed E-state index contributed by atoms with van der Waals surface area (Å²) in [6.45, 7) is 2.69. The van der Waals surface area contributed by atoms with Crippen LogP contribution in [0.4, 0.5) is 0 Å². The third-order valence-corrected chi connectivity index (χ3v) is 1.23. The van der Waals surface area contributed by atoms with Crippen LogP contribution in [-0.2, 0) is 9.53 Å². The van der Waals surface area contributed by atoms with Crippen molar-refractivity contribution in [3.8, 4) is 0 Å². The molecule has 11 heavy (non-hydrogen) atoms. The maximum absolute atomic E-state index is 10.2. The highest BCUT2D eigenvalue weighted by Gasteiger charge is 2.08. The van der Waals surface area contributed by atoms with Crippen LogP contribution in [0.2, 0.25) is 0 Å². The van der Waals surface area contributed by atoms with Crippen molar-refractivity contribution in [2.75, 3.05) is 13.2 Å². The Hall–Kier alpha value is -0.670. The van der Waals surface area contributed by atoms with Crippen molar-refractivity contribution in [3.63, 3.8) is 0 Å². The summed E-state index contributed by atoms with van der Waals surface area (Å²) >= 11 is 0. The normalized spacial score (nSPS) is 12.3. The zero-order chi connectivity index (χ0) is 8.69. The summed E-state index contributed by atoms with van der Waals surface area (Å²) in [5.74, 6) is 1.72. The second kappa shape index (κ2) is 6.07. The van der Waals surface area contributed by atoms with Crippen LogP contribution in [0.5, 0.6) is 0 Å². The molecule has 0 bridgehead atoms. The molecule has 0 aromatic heterocycles. The molecule has 0 aromatic carbocycles. The molecule has 0 spiro atoms. The van der Waals surface area contributed by atoms with Crippen molar-refractivity contribution in [2.24, 2.45) is 11.5 Å². The van der Waals surface area contributed by atoms with Crippen LogP contribution >= 0.6 is 0 Å². The molecule has 0 aliphatic rings. The van der Waals surface area contributed by atoms with E-state index in [0.29, 0.717) is 25.1 Å². The topological polar surface area (TPSA) is 78.3 Å². The molecule has 0 amide bonds. The quantitative estimate of drug-likeness (QED) is 0.414. The molecule has 0 aliphatic carbocycles. The molecule has 0 aliphatic heterocycles. The van der Waals surface area contributed by atoms with Crippen LogP contribution in [0.3, 0.4) is 0 Å². The Kier molecular flexibility index (Phi) is 5.70. The fourth-order valence-electron chi connectivity index (χ4n) is 0.687. The fourth-order valence-corrected chi connectivity index (χ4v) is 0.687. The van der Waals surface area contributed by atoms with Crippen LogP contribution < -0.4 is 11.5 Å². The summed E-state index contributed by atoms with van der Waals surface area (Å²) < 4.78 is 4.97. The molecule has 0 radical (unpaired) electrons. The van der Waals surface area contributed by atoms with Crippen molar-refractivity contribution in [3.05, 3.63) is 5.57 Å². The third kappa shape index (κ3) is 3.91. The molecule has 4 heteroatoms. The van der Waals surface area contributed by atoms with Gasteiger partial charge in [-0.2, -0.15) is 0 Å². The predicted molar refractivity (Wildman–Crippen MR) is 42.5 cm³/mol. The van der Waals surface area contributed by atoms with Crippen molar-refractivity contribution in [1.82, 2.24) is 0 Å². The van der Waals surface area contributed by atoms with E-state index in [2.05, 4.69) is 0 Å². The van der Waals surface area contributed by atoms with Gasteiger partial charge in [-0.25, -0.2) is 4.79 Å². The molecule has 0 heterocycles. The van der Waals surface area contributed by atoms with Crippen molar-refractivity contribution < 1.29 is 9.53 Å². The van der Waals surface area contributed by atoms with Crippen LogP contribution in [0, 0.1) is 0 Å². The minimum atomic E-state index is -0.638. The van der Waals surface area contributed by atoms with E-state index in [1.54, 1.807) is 5.94 Å². The second-order valence-corrected chi connectivity index (χ2v) is 2.04. The maximum Gasteiger partial charge on any atom is 0.138 e. The molecule has 4 N–H and O–H groups in total. The van der Waals surface area contributed by atoms with Gasteiger partial charge in [0.05, 0.1) is 5.57 Å². The number of ether oxygens (including phenoxy) is 1. The first-order chi connectivity index (χ1) is 5.26. The van der Waals surface area contributed by atoms with E-state index >= 15 is 0 Å². The van der Waals surface area contributed by atoms with Crippen LogP contribution in [0.15, 0.2) is 5.57 Å². The van der Waals surface area contributed by atoms with Gasteiger partial charge < -0.3 is 16.2 Å². The summed E-state index contributed by atoms with van der Waals surface area (Å²) in [5.41, 5.74) is 11.1. The summed E-state index contributed by atoms with van der Waals surface area (Å²) in [5, 5.41) is 0.